The maximum Gasteiger partial charge on any atom is 0.374 e. The van der Waals surface area contributed by atoms with Crippen LogP contribution in [0.2, 0.25) is 5.02 Å². The van der Waals surface area contributed by atoms with Gasteiger partial charge >= 0.3 is 11.9 Å². The van der Waals surface area contributed by atoms with Gasteiger partial charge in [0.2, 0.25) is 0 Å². The molecule has 0 amide bonds. The molecule has 1 aromatic carbocycles. The summed E-state index contributed by atoms with van der Waals surface area (Å²) >= 11 is 5.94. The Bertz CT molecular complexity index is 722. The molecule has 1 saturated heterocycles. The van der Waals surface area contributed by atoms with Crippen molar-refractivity contribution in [2.24, 2.45) is 5.16 Å². The third-order valence-corrected chi connectivity index (χ3v) is 5.41. The summed E-state index contributed by atoms with van der Waals surface area (Å²) in [7, 11) is 0. The highest BCUT2D eigenvalue weighted by Crippen LogP contribution is 2.19. The number of cyclic esters (lactones) is 1. The normalized spacial score (nSPS) is 19.9. The molecular formula is C24H34ClNO5. The van der Waals surface area contributed by atoms with Gasteiger partial charge in [-0.25, -0.2) is 4.79 Å². The van der Waals surface area contributed by atoms with Crippen molar-refractivity contribution in [2.75, 3.05) is 6.61 Å². The van der Waals surface area contributed by atoms with Crippen LogP contribution < -0.4 is 4.74 Å². The molecule has 0 spiro atoms. The van der Waals surface area contributed by atoms with Gasteiger partial charge < -0.3 is 14.3 Å². The standard InChI is InChI=1S/C24H34ClNO5/c1-19(30-22-15-10-12-20(25)18-22)24(28)31-26-21-13-8-6-4-2-3-5-7-9-16-23(27)29-17-11-14-21/h10,12,15,18-19H,2-9,11,13-14,16-17H2,1H3/b26-21+. The van der Waals surface area contributed by atoms with Crippen LogP contribution >= 0.6 is 11.6 Å². The minimum absolute atomic E-state index is 0.135. The quantitative estimate of drug-likeness (QED) is 0.307. The molecule has 1 unspecified atom stereocenters. The third kappa shape index (κ3) is 11.2. The van der Waals surface area contributed by atoms with E-state index in [0.717, 1.165) is 37.8 Å². The molecule has 0 N–H and O–H groups in total. The molecule has 172 valence electrons. The first-order valence-electron chi connectivity index (χ1n) is 11.4. The molecule has 2 rings (SSSR count). The van der Waals surface area contributed by atoms with E-state index in [1.165, 1.54) is 25.7 Å². The number of oxime groups is 1. The van der Waals surface area contributed by atoms with Gasteiger partial charge in [-0.1, -0.05) is 61.3 Å². The number of carbonyl (C=O) groups excluding carboxylic acids is 2. The summed E-state index contributed by atoms with van der Waals surface area (Å²) in [5.41, 5.74) is 0.812. The Kier molecular flexibility index (Phi) is 12.1. The van der Waals surface area contributed by atoms with Gasteiger partial charge in [0.1, 0.15) is 5.75 Å². The highest BCUT2D eigenvalue weighted by Gasteiger charge is 2.17. The first-order chi connectivity index (χ1) is 15.0. The Morgan fingerprint density at radius 2 is 1.65 bits per heavy atom. The molecule has 1 aliphatic rings. The van der Waals surface area contributed by atoms with Crippen LogP contribution in [-0.4, -0.2) is 30.4 Å². The van der Waals surface area contributed by atoms with Gasteiger partial charge in [0.15, 0.2) is 6.10 Å². The van der Waals surface area contributed by atoms with Crippen LogP contribution in [0, 0.1) is 0 Å². The number of hydrogen-bond acceptors (Lipinski definition) is 6. The van der Waals surface area contributed by atoms with Gasteiger partial charge in [-0.3, -0.25) is 4.79 Å². The number of nitrogens with zero attached hydrogens (tertiary/aromatic N) is 1. The van der Waals surface area contributed by atoms with E-state index in [1.54, 1.807) is 31.2 Å². The minimum atomic E-state index is -0.810. The summed E-state index contributed by atoms with van der Waals surface area (Å²) in [6.07, 6.45) is 10.7. The molecule has 1 atom stereocenters. The third-order valence-electron chi connectivity index (χ3n) is 5.17. The molecule has 6 nitrogen and oxygen atoms in total. The largest absolute Gasteiger partial charge is 0.479 e. The molecule has 0 saturated carbocycles. The highest BCUT2D eigenvalue weighted by molar-refractivity contribution is 6.30. The van der Waals surface area contributed by atoms with Crippen molar-refractivity contribution in [2.45, 2.75) is 90.1 Å². The predicted octanol–water partition coefficient (Wildman–Crippen LogP) is 6.24. The monoisotopic (exact) mass is 451 g/mol. The van der Waals surface area contributed by atoms with Crippen molar-refractivity contribution in [1.29, 1.82) is 0 Å². The second-order valence-corrected chi connectivity index (χ2v) is 8.37. The van der Waals surface area contributed by atoms with Gasteiger partial charge in [0.25, 0.3) is 0 Å². The van der Waals surface area contributed by atoms with Gasteiger partial charge in [-0.15, -0.1) is 0 Å². The lowest BCUT2D eigenvalue weighted by Gasteiger charge is -2.13. The van der Waals surface area contributed by atoms with E-state index in [0.29, 0.717) is 36.6 Å². The fourth-order valence-corrected chi connectivity index (χ4v) is 3.57. The molecule has 1 aliphatic heterocycles. The summed E-state index contributed by atoms with van der Waals surface area (Å²) in [6.45, 7) is 1.97. The number of halogens is 1. The Morgan fingerprint density at radius 3 is 2.35 bits per heavy atom. The van der Waals surface area contributed by atoms with Gasteiger partial charge in [0, 0.05) is 11.4 Å². The lowest BCUT2D eigenvalue weighted by molar-refractivity contribution is -0.151. The molecule has 1 fully saturated rings. The van der Waals surface area contributed by atoms with E-state index in [-0.39, 0.29) is 5.97 Å². The molecular weight excluding hydrogens is 418 g/mol. The summed E-state index contributed by atoms with van der Waals surface area (Å²) < 4.78 is 10.9. The van der Waals surface area contributed by atoms with Crippen LogP contribution in [-0.2, 0) is 19.2 Å². The zero-order valence-corrected chi connectivity index (χ0v) is 19.2. The maximum absolute atomic E-state index is 12.3. The zero-order valence-electron chi connectivity index (χ0n) is 18.4. The van der Waals surface area contributed by atoms with E-state index in [4.69, 9.17) is 25.9 Å². The van der Waals surface area contributed by atoms with Crippen LogP contribution in [0.4, 0.5) is 0 Å². The predicted molar refractivity (Wildman–Crippen MR) is 121 cm³/mol. The number of rotatable bonds is 4. The fourth-order valence-electron chi connectivity index (χ4n) is 3.39. The number of esters is 1. The Hall–Kier alpha value is -2.08. The summed E-state index contributed by atoms with van der Waals surface area (Å²) in [5, 5.41) is 4.64. The second kappa shape index (κ2) is 14.8. The minimum Gasteiger partial charge on any atom is -0.479 e. The van der Waals surface area contributed by atoms with Crippen molar-refractivity contribution in [3.05, 3.63) is 29.3 Å². The van der Waals surface area contributed by atoms with Crippen LogP contribution in [0.25, 0.3) is 0 Å². The van der Waals surface area contributed by atoms with Crippen LogP contribution in [0.3, 0.4) is 0 Å². The van der Waals surface area contributed by atoms with Gasteiger partial charge in [0.05, 0.1) is 12.3 Å². The first kappa shape index (κ1) is 25.2. The Labute approximate surface area is 190 Å². The van der Waals surface area contributed by atoms with Crippen molar-refractivity contribution in [3.63, 3.8) is 0 Å². The topological polar surface area (TPSA) is 74.2 Å². The summed E-state index contributed by atoms with van der Waals surface area (Å²) in [6, 6.07) is 6.85. The average Bonchev–Trinajstić information content (AvgIpc) is 2.74. The molecule has 1 aromatic rings. The molecule has 0 bridgehead atoms. The van der Waals surface area contributed by atoms with Gasteiger partial charge in [-0.2, -0.15) is 0 Å². The molecule has 0 radical (unpaired) electrons. The summed E-state index contributed by atoms with van der Waals surface area (Å²) in [5.74, 6) is -0.203. The average molecular weight is 452 g/mol. The zero-order chi connectivity index (χ0) is 22.3. The van der Waals surface area contributed by atoms with E-state index >= 15 is 0 Å². The number of hydrogen-bond donors (Lipinski definition) is 0. The molecule has 0 aromatic heterocycles. The lowest BCUT2D eigenvalue weighted by Crippen LogP contribution is -2.25. The lowest BCUT2D eigenvalue weighted by atomic mass is 10.0. The number of benzene rings is 1. The Balaban J connectivity index is 1.86. The van der Waals surface area contributed by atoms with E-state index in [2.05, 4.69) is 5.16 Å². The van der Waals surface area contributed by atoms with Crippen LogP contribution in [0.15, 0.2) is 29.4 Å². The van der Waals surface area contributed by atoms with Crippen molar-refractivity contribution >= 4 is 29.3 Å². The van der Waals surface area contributed by atoms with E-state index in [9.17, 15) is 9.59 Å². The molecule has 0 aliphatic carbocycles. The fraction of sp³-hybridized carbons (Fsp3) is 0.625. The van der Waals surface area contributed by atoms with E-state index in [1.807, 2.05) is 0 Å². The van der Waals surface area contributed by atoms with Crippen molar-refractivity contribution in [1.82, 2.24) is 0 Å². The van der Waals surface area contributed by atoms with Crippen molar-refractivity contribution in [3.8, 4) is 5.75 Å². The van der Waals surface area contributed by atoms with Gasteiger partial charge in [-0.05, 0) is 57.2 Å². The smallest absolute Gasteiger partial charge is 0.374 e. The first-order valence-corrected chi connectivity index (χ1v) is 11.8. The number of ether oxygens (including phenoxy) is 2. The maximum atomic E-state index is 12.3. The molecule has 7 heteroatoms. The second-order valence-electron chi connectivity index (χ2n) is 7.94. The number of carbonyl (C=O) groups is 2. The highest BCUT2D eigenvalue weighted by atomic mass is 35.5. The SMILES string of the molecule is CC(Oc1cccc(Cl)c1)C(=O)O/N=C1\CCCCCCCCCCC(=O)OCCC1. The molecule has 1 heterocycles. The summed E-state index contributed by atoms with van der Waals surface area (Å²) in [4.78, 5) is 29.2. The van der Waals surface area contributed by atoms with Crippen LogP contribution in [0.5, 0.6) is 5.75 Å². The Morgan fingerprint density at radius 1 is 1.00 bits per heavy atom. The van der Waals surface area contributed by atoms with Crippen LogP contribution in [0.1, 0.15) is 84.0 Å². The molecule has 31 heavy (non-hydrogen) atoms. The van der Waals surface area contributed by atoms with Crippen molar-refractivity contribution < 1.29 is 23.9 Å². The van der Waals surface area contributed by atoms with E-state index < -0.39 is 12.1 Å².